The van der Waals surface area contributed by atoms with Gasteiger partial charge in [0.25, 0.3) is 0 Å². The molecule has 0 saturated carbocycles. The average molecular weight is 209 g/mol. The number of carbonyl (C=O) groups is 1. The van der Waals surface area contributed by atoms with Crippen molar-refractivity contribution in [3.8, 4) is 0 Å². The molecule has 0 fully saturated rings. The van der Waals surface area contributed by atoms with Crippen LogP contribution in [0.1, 0.15) is 19.4 Å². The number of hydrogen-bond donors (Lipinski definition) is 0. The molecule has 0 bridgehead atoms. The van der Waals surface area contributed by atoms with Crippen LogP contribution >= 0.6 is 0 Å². The van der Waals surface area contributed by atoms with Gasteiger partial charge < -0.3 is 0 Å². The Morgan fingerprint density at radius 1 is 1.60 bits per heavy atom. The summed E-state index contributed by atoms with van der Waals surface area (Å²) >= 11 is 0. The molecule has 0 spiro atoms. The standard InChI is InChI=1S/C11H19N3O/c1-9(2)11(15)8-13(3)6-10-5-12-14(4)7-10/h5,7,9H,6,8H2,1-4H3. The number of ketones is 1. The summed E-state index contributed by atoms with van der Waals surface area (Å²) in [6.45, 7) is 5.14. The van der Waals surface area contributed by atoms with Crippen LogP contribution in [0.2, 0.25) is 0 Å². The van der Waals surface area contributed by atoms with Gasteiger partial charge in [0, 0.05) is 31.3 Å². The second-order valence-corrected chi connectivity index (χ2v) is 4.32. The molecule has 0 aliphatic rings. The summed E-state index contributed by atoms with van der Waals surface area (Å²) in [5.74, 6) is 0.391. The molecule has 84 valence electrons. The lowest BCUT2D eigenvalue weighted by Crippen LogP contribution is -2.28. The van der Waals surface area contributed by atoms with Crippen LogP contribution in [0.4, 0.5) is 0 Å². The molecule has 1 aromatic heterocycles. The van der Waals surface area contributed by atoms with Gasteiger partial charge in [0.05, 0.1) is 12.7 Å². The molecule has 0 atom stereocenters. The van der Waals surface area contributed by atoms with E-state index in [-0.39, 0.29) is 11.7 Å². The number of aromatic nitrogens is 2. The van der Waals surface area contributed by atoms with E-state index in [2.05, 4.69) is 5.10 Å². The molecule has 1 aromatic rings. The molecule has 0 radical (unpaired) electrons. The molecule has 0 saturated heterocycles. The highest BCUT2D eigenvalue weighted by molar-refractivity contribution is 5.82. The molecule has 0 aliphatic carbocycles. The lowest BCUT2D eigenvalue weighted by molar-refractivity contribution is -0.122. The number of hydrogen-bond acceptors (Lipinski definition) is 3. The van der Waals surface area contributed by atoms with Crippen molar-refractivity contribution >= 4 is 5.78 Å². The number of aryl methyl sites for hydroxylation is 1. The third-order valence-electron chi connectivity index (χ3n) is 2.28. The van der Waals surface area contributed by atoms with Gasteiger partial charge in [-0.1, -0.05) is 13.8 Å². The second-order valence-electron chi connectivity index (χ2n) is 4.32. The molecule has 0 amide bonds. The number of likely N-dealkylation sites (N-methyl/N-ethyl adjacent to an activating group) is 1. The van der Waals surface area contributed by atoms with Crippen molar-refractivity contribution in [2.45, 2.75) is 20.4 Å². The fourth-order valence-corrected chi connectivity index (χ4v) is 1.37. The summed E-state index contributed by atoms with van der Waals surface area (Å²) in [7, 11) is 3.84. The van der Waals surface area contributed by atoms with Gasteiger partial charge in [-0.25, -0.2) is 0 Å². The summed E-state index contributed by atoms with van der Waals surface area (Å²) in [6, 6.07) is 0. The van der Waals surface area contributed by atoms with Gasteiger partial charge in [0.2, 0.25) is 0 Å². The van der Waals surface area contributed by atoms with Crippen molar-refractivity contribution in [3.63, 3.8) is 0 Å². The van der Waals surface area contributed by atoms with Crippen LogP contribution < -0.4 is 0 Å². The molecule has 0 unspecified atom stereocenters. The number of nitrogens with zero attached hydrogens (tertiary/aromatic N) is 3. The summed E-state index contributed by atoms with van der Waals surface area (Å²) < 4.78 is 1.77. The van der Waals surface area contributed by atoms with Crippen LogP contribution in [-0.2, 0) is 18.4 Å². The molecule has 0 N–H and O–H groups in total. The van der Waals surface area contributed by atoms with Crippen molar-refractivity contribution in [1.29, 1.82) is 0 Å². The zero-order valence-electron chi connectivity index (χ0n) is 9.90. The van der Waals surface area contributed by atoms with E-state index in [4.69, 9.17) is 0 Å². The van der Waals surface area contributed by atoms with E-state index >= 15 is 0 Å². The predicted molar refractivity (Wildman–Crippen MR) is 59.4 cm³/mol. The fourth-order valence-electron chi connectivity index (χ4n) is 1.37. The Labute approximate surface area is 90.9 Å². The first-order valence-electron chi connectivity index (χ1n) is 5.18. The number of carbonyl (C=O) groups excluding carboxylic acids is 1. The summed E-state index contributed by atoms with van der Waals surface area (Å²) in [5, 5.41) is 4.09. The Kier molecular flexibility index (Phi) is 4.03. The Morgan fingerprint density at radius 2 is 2.27 bits per heavy atom. The summed E-state index contributed by atoms with van der Waals surface area (Å²) in [6.07, 6.45) is 3.80. The van der Waals surface area contributed by atoms with E-state index < -0.39 is 0 Å². The highest BCUT2D eigenvalue weighted by Crippen LogP contribution is 2.03. The monoisotopic (exact) mass is 209 g/mol. The highest BCUT2D eigenvalue weighted by Gasteiger charge is 2.11. The van der Waals surface area contributed by atoms with Gasteiger partial charge in [0.15, 0.2) is 0 Å². The largest absolute Gasteiger partial charge is 0.298 e. The van der Waals surface area contributed by atoms with E-state index in [0.717, 1.165) is 12.1 Å². The molecule has 0 aliphatic heterocycles. The SMILES string of the molecule is CC(C)C(=O)CN(C)Cc1cnn(C)c1. The van der Waals surface area contributed by atoms with Gasteiger partial charge in [-0.05, 0) is 7.05 Å². The average Bonchev–Trinajstić information content (AvgIpc) is 2.50. The molecule has 1 rings (SSSR count). The zero-order valence-corrected chi connectivity index (χ0v) is 9.90. The topological polar surface area (TPSA) is 38.1 Å². The summed E-state index contributed by atoms with van der Waals surface area (Å²) in [4.78, 5) is 13.5. The van der Waals surface area contributed by atoms with Crippen molar-refractivity contribution in [1.82, 2.24) is 14.7 Å². The first kappa shape index (κ1) is 11.9. The van der Waals surface area contributed by atoms with Crippen LogP contribution in [0, 0.1) is 5.92 Å². The first-order valence-corrected chi connectivity index (χ1v) is 5.18. The molecule has 0 aromatic carbocycles. The fraction of sp³-hybridized carbons (Fsp3) is 0.636. The summed E-state index contributed by atoms with van der Waals surface area (Å²) in [5.41, 5.74) is 1.14. The van der Waals surface area contributed by atoms with Crippen molar-refractivity contribution in [2.75, 3.05) is 13.6 Å². The Bertz CT molecular complexity index is 330. The van der Waals surface area contributed by atoms with Gasteiger partial charge in [0.1, 0.15) is 5.78 Å². The van der Waals surface area contributed by atoms with Crippen LogP contribution in [0.15, 0.2) is 12.4 Å². The van der Waals surface area contributed by atoms with E-state index in [1.807, 2.05) is 45.2 Å². The molecule has 4 heteroatoms. The first-order chi connectivity index (χ1) is 6.99. The van der Waals surface area contributed by atoms with Crippen molar-refractivity contribution in [3.05, 3.63) is 18.0 Å². The molecule has 15 heavy (non-hydrogen) atoms. The number of Topliss-reactive ketones (excluding diaryl/α,β-unsaturated/α-hetero) is 1. The van der Waals surface area contributed by atoms with Crippen molar-refractivity contribution in [2.24, 2.45) is 13.0 Å². The van der Waals surface area contributed by atoms with Gasteiger partial charge in [-0.2, -0.15) is 5.10 Å². The zero-order chi connectivity index (χ0) is 11.4. The van der Waals surface area contributed by atoms with E-state index in [9.17, 15) is 4.79 Å². The van der Waals surface area contributed by atoms with Crippen LogP contribution in [0.3, 0.4) is 0 Å². The minimum Gasteiger partial charge on any atom is -0.298 e. The Hall–Kier alpha value is -1.16. The van der Waals surface area contributed by atoms with Crippen LogP contribution in [-0.4, -0.2) is 34.1 Å². The Morgan fingerprint density at radius 3 is 2.73 bits per heavy atom. The van der Waals surface area contributed by atoms with Gasteiger partial charge >= 0.3 is 0 Å². The van der Waals surface area contributed by atoms with E-state index in [0.29, 0.717) is 6.54 Å². The van der Waals surface area contributed by atoms with E-state index in [1.54, 1.807) is 4.68 Å². The maximum atomic E-state index is 11.5. The van der Waals surface area contributed by atoms with Crippen molar-refractivity contribution < 1.29 is 4.79 Å². The lowest BCUT2D eigenvalue weighted by Gasteiger charge is -2.15. The molecular formula is C11H19N3O. The highest BCUT2D eigenvalue weighted by atomic mass is 16.1. The minimum atomic E-state index is 0.112. The molecule has 4 nitrogen and oxygen atoms in total. The maximum Gasteiger partial charge on any atom is 0.149 e. The predicted octanol–water partition coefficient (Wildman–Crippen LogP) is 1.08. The normalized spacial score (nSPS) is 11.3. The Balaban J connectivity index is 2.42. The third kappa shape index (κ3) is 3.83. The minimum absolute atomic E-state index is 0.112. The van der Waals surface area contributed by atoms with Gasteiger partial charge in [-0.15, -0.1) is 0 Å². The quantitative estimate of drug-likeness (QED) is 0.728. The molecular weight excluding hydrogens is 190 g/mol. The maximum absolute atomic E-state index is 11.5. The van der Waals surface area contributed by atoms with E-state index in [1.165, 1.54) is 0 Å². The lowest BCUT2D eigenvalue weighted by atomic mass is 10.1. The van der Waals surface area contributed by atoms with Crippen LogP contribution in [0.5, 0.6) is 0 Å². The second kappa shape index (κ2) is 5.07. The third-order valence-corrected chi connectivity index (χ3v) is 2.28. The smallest absolute Gasteiger partial charge is 0.149 e. The van der Waals surface area contributed by atoms with Crippen LogP contribution in [0.25, 0.3) is 0 Å². The van der Waals surface area contributed by atoms with Gasteiger partial charge in [-0.3, -0.25) is 14.4 Å². The molecule has 1 heterocycles. The number of rotatable bonds is 5.